The summed E-state index contributed by atoms with van der Waals surface area (Å²) in [6.07, 6.45) is -0.183. The molecule has 0 aromatic heterocycles. The first kappa shape index (κ1) is 10.7. The van der Waals surface area contributed by atoms with E-state index in [9.17, 15) is 9.90 Å². The van der Waals surface area contributed by atoms with Crippen molar-refractivity contribution in [1.29, 1.82) is 0 Å². The van der Waals surface area contributed by atoms with Crippen LogP contribution in [0.3, 0.4) is 0 Å². The van der Waals surface area contributed by atoms with Crippen molar-refractivity contribution >= 4 is 5.97 Å². The molecule has 0 radical (unpaired) electrons. The van der Waals surface area contributed by atoms with Gasteiger partial charge in [0.25, 0.3) is 0 Å². The van der Waals surface area contributed by atoms with Crippen molar-refractivity contribution < 1.29 is 15.0 Å². The summed E-state index contributed by atoms with van der Waals surface area (Å²) in [4.78, 5) is 12.7. The predicted octanol–water partition coefficient (Wildman–Crippen LogP) is 0.913. The Labute approximate surface area is 69.4 Å². The van der Waals surface area contributed by atoms with E-state index < -0.39 is 11.6 Å². The van der Waals surface area contributed by atoms with Gasteiger partial charge in [-0.05, 0) is 18.9 Å². The summed E-state index contributed by atoms with van der Waals surface area (Å²) in [5.74, 6) is -1.07. The van der Waals surface area contributed by atoms with E-state index in [4.69, 9.17) is 10.6 Å². The second-order valence-corrected chi connectivity index (χ2v) is 2.77. The molecule has 0 amide bonds. The number of hydrogen-bond acceptors (Lipinski definition) is 3. The first-order chi connectivity index (χ1) is 5.48. The Kier molecular flexibility index (Phi) is 4.10. The lowest BCUT2D eigenvalue weighted by Gasteiger charge is -2.19. The Bertz CT molecular complexity index is 208. The van der Waals surface area contributed by atoms with Crippen LogP contribution in [0.5, 0.6) is 0 Å². The Morgan fingerprint density at radius 2 is 2.33 bits per heavy atom. The normalized spacial score (nSPS) is 14.5. The molecule has 2 N–H and O–H groups in total. The van der Waals surface area contributed by atoms with Crippen LogP contribution < -0.4 is 0 Å². The Hall–Kier alpha value is -1.26. The summed E-state index contributed by atoms with van der Waals surface area (Å²) in [6, 6.07) is 0. The van der Waals surface area contributed by atoms with Gasteiger partial charge in [-0.25, -0.2) is 0 Å². The smallest absolute Gasteiger partial charge is 0.306 e. The molecule has 0 fully saturated rings. The van der Waals surface area contributed by atoms with Crippen LogP contribution in [-0.2, 0) is 4.79 Å². The largest absolute Gasteiger partial charge is 0.481 e. The molecule has 0 bridgehead atoms. The fraction of sp³-hybridized carbons (Fsp3) is 0.833. The van der Waals surface area contributed by atoms with E-state index in [1.54, 1.807) is 0 Å². The molecule has 0 aromatic rings. The highest BCUT2D eigenvalue weighted by Crippen LogP contribution is 2.13. The number of carboxylic acids is 1. The van der Waals surface area contributed by atoms with Crippen LogP contribution >= 0.6 is 0 Å². The number of carboxylic acid groups (broad SMARTS) is 1. The van der Waals surface area contributed by atoms with Crippen molar-refractivity contribution in [1.82, 2.24) is 0 Å². The average molecular weight is 173 g/mol. The third-order valence-electron chi connectivity index (χ3n) is 1.35. The highest BCUT2D eigenvalue weighted by molar-refractivity contribution is 5.67. The topological polar surface area (TPSA) is 106 Å². The van der Waals surface area contributed by atoms with Gasteiger partial charge in [0.15, 0.2) is 0 Å². The van der Waals surface area contributed by atoms with Crippen molar-refractivity contribution in [2.75, 3.05) is 6.54 Å². The van der Waals surface area contributed by atoms with Crippen LogP contribution in [0.15, 0.2) is 5.11 Å². The van der Waals surface area contributed by atoms with E-state index in [1.807, 2.05) is 0 Å². The monoisotopic (exact) mass is 173 g/mol. The maximum Gasteiger partial charge on any atom is 0.306 e. The standard InChI is InChI=1S/C6H11N3O3/c1-6(12,4-5(10)11)2-3-8-9-7/h12H,2-4H2,1H3,(H,10,11). The molecule has 0 saturated heterocycles. The zero-order chi connectivity index (χ0) is 9.61. The van der Waals surface area contributed by atoms with E-state index in [2.05, 4.69) is 10.0 Å². The fourth-order valence-electron chi connectivity index (χ4n) is 0.750. The summed E-state index contributed by atoms with van der Waals surface area (Å²) in [5.41, 5.74) is 6.61. The van der Waals surface area contributed by atoms with Gasteiger partial charge in [0.2, 0.25) is 0 Å². The van der Waals surface area contributed by atoms with Gasteiger partial charge in [-0.15, -0.1) is 0 Å². The van der Waals surface area contributed by atoms with Crippen molar-refractivity contribution in [3.63, 3.8) is 0 Å². The van der Waals surface area contributed by atoms with Crippen molar-refractivity contribution in [3.8, 4) is 0 Å². The SMILES string of the molecule is CC(O)(CCN=[N+]=[N-])CC(=O)O. The molecule has 12 heavy (non-hydrogen) atoms. The van der Waals surface area contributed by atoms with Gasteiger partial charge in [-0.3, -0.25) is 4.79 Å². The predicted molar refractivity (Wildman–Crippen MR) is 41.5 cm³/mol. The minimum atomic E-state index is -1.29. The van der Waals surface area contributed by atoms with E-state index in [1.165, 1.54) is 6.92 Å². The number of azide groups is 1. The zero-order valence-electron chi connectivity index (χ0n) is 6.77. The third kappa shape index (κ3) is 5.52. The summed E-state index contributed by atoms with van der Waals surface area (Å²) < 4.78 is 0. The molecule has 0 aliphatic rings. The van der Waals surface area contributed by atoms with E-state index in [0.717, 1.165) is 0 Å². The zero-order valence-corrected chi connectivity index (χ0v) is 6.77. The molecule has 6 nitrogen and oxygen atoms in total. The molecule has 0 rings (SSSR count). The van der Waals surface area contributed by atoms with Gasteiger partial charge in [0, 0.05) is 11.5 Å². The highest BCUT2D eigenvalue weighted by Gasteiger charge is 2.22. The van der Waals surface area contributed by atoms with Crippen LogP contribution in [0.1, 0.15) is 19.8 Å². The third-order valence-corrected chi connectivity index (χ3v) is 1.35. The Morgan fingerprint density at radius 3 is 2.75 bits per heavy atom. The van der Waals surface area contributed by atoms with Crippen LogP contribution in [0.4, 0.5) is 0 Å². The number of aliphatic carboxylic acids is 1. The van der Waals surface area contributed by atoms with Gasteiger partial charge in [-0.2, -0.15) is 0 Å². The van der Waals surface area contributed by atoms with Gasteiger partial charge in [-0.1, -0.05) is 5.11 Å². The lowest BCUT2D eigenvalue weighted by atomic mass is 9.99. The minimum absolute atomic E-state index is 0.108. The summed E-state index contributed by atoms with van der Waals surface area (Å²) in [6.45, 7) is 1.50. The highest BCUT2D eigenvalue weighted by atomic mass is 16.4. The summed E-state index contributed by atoms with van der Waals surface area (Å²) in [5, 5.41) is 20.9. The summed E-state index contributed by atoms with van der Waals surface area (Å²) in [7, 11) is 0. The minimum Gasteiger partial charge on any atom is -0.481 e. The number of nitrogens with zero attached hydrogens (tertiary/aromatic N) is 3. The quantitative estimate of drug-likeness (QED) is 0.366. The molecular weight excluding hydrogens is 162 g/mol. The molecule has 0 aromatic carbocycles. The number of hydrogen-bond donors (Lipinski definition) is 2. The summed E-state index contributed by atoms with van der Waals surface area (Å²) >= 11 is 0. The number of carbonyl (C=O) groups is 1. The van der Waals surface area contributed by atoms with Crippen LogP contribution in [-0.4, -0.2) is 28.3 Å². The van der Waals surface area contributed by atoms with Gasteiger partial charge in [0.1, 0.15) is 0 Å². The molecule has 0 saturated carbocycles. The second-order valence-electron chi connectivity index (χ2n) is 2.77. The Morgan fingerprint density at radius 1 is 1.75 bits per heavy atom. The van der Waals surface area contributed by atoms with Crippen molar-refractivity contribution in [2.24, 2.45) is 5.11 Å². The molecule has 0 spiro atoms. The number of rotatable bonds is 5. The maximum absolute atomic E-state index is 10.2. The van der Waals surface area contributed by atoms with Gasteiger partial charge >= 0.3 is 5.97 Å². The number of aliphatic hydroxyl groups is 1. The van der Waals surface area contributed by atoms with Crippen LogP contribution in [0, 0.1) is 0 Å². The first-order valence-electron chi connectivity index (χ1n) is 3.43. The van der Waals surface area contributed by atoms with Gasteiger partial charge in [0.05, 0.1) is 12.0 Å². The van der Waals surface area contributed by atoms with E-state index >= 15 is 0 Å². The van der Waals surface area contributed by atoms with Crippen molar-refractivity contribution in [3.05, 3.63) is 10.4 Å². The molecule has 1 atom stereocenters. The molecule has 0 aliphatic heterocycles. The lowest BCUT2D eigenvalue weighted by molar-refractivity contribution is -0.142. The van der Waals surface area contributed by atoms with Gasteiger partial charge < -0.3 is 10.2 Å². The van der Waals surface area contributed by atoms with E-state index in [0.29, 0.717) is 0 Å². The molecule has 68 valence electrons. The van der Waals surface area contributed by atoms with Crippen LogP contribution in [0.2, 0.25) is 0 Å². The maximum atomic E-state index is 10.2. The lowest BCUT2D eigenvalue weighted by Crippen LogP contribution is -2.28. The fourth-order valence-corrected chi connectivity index (χ4v) is 0.750. The second kappa shape index (κ2) is 4.58. The Balaban J connectivity index is 3.86. The van der Waals surface area contributed by atoms with Crippen LogP contribution in [0.25, 0.3) is 10.4 Å². The first-order valence-corrected chi connectivity index (χ1v) is 3.43. The molecule has 0 heterocycles. The average Bonchev–Trinajstić information content (AvgIpc) is 1.84. The molecule has 0 aliphatic carbocycles. The molecular formula is C6H11N3O3. The molecule has 6 heteroatoms. The molecule has 1 unspecified atom stereocenters. The van der Waals surface area contributed by atoms with Crippen molar-refractivity contribution in [2.45, 2.75) is 25.4 Å². The van der Waals surface area contributed by atoms with E-state index in [-0.39, 0.29) is 19.4 Å².